The molecule has 140 valence electrons. The Hall–Kier alpha value is -2.38. The summed E-state index contributed by atoms with van der Waals surface area (Å²) in [4.78, 5) is 14.8. The lowest BCUT2D eigenvalue weighted by atomic mass is 9.79. The fraction of sp³-hybridized carbons (Fsp3) is 0.400. The van der Waals surface area contributed by atoms with Gasteiger partial charge in [0.25, 0.3) is 0 Å². The summed E-state index contributed by atoms with van der Waals surface area (Å²) in [5.74, 6) is 0. The van der Waals surface area contributed by atoms with Gasteiger partial charge in [0.15, 0.2) is 6.10 Å². The van der Waals surface area contributed by atoms with Crippen LogP contribution in [0.15, 0.2) is 48.9 Å². The number of pyridine rings is 1. The zero-order chi connectivity index (χ0) is 19.2. The molecule has 1 unspecified atom stereocenters. The van der Waals surface area contributed by atoms with E-state index in [9.17, 15) is 0 Å². The molecule has 0 spiro atoms. The molecule has 0 aliphatic carbocycles. The maximum Gasteiger partial charge on any atom is 0.494 e. The number of imidazole rings is 1. The second-order valence-corrected chi connectivity index (χ2v) is 7.91. The zero-order valence-corrected chi connectivity index (χ0v) is 16.3. The predicted molar refractivity (Wildman–Crippen MR) is 105 cm³/mol. The van der Waals surface area contributed by atoms with Crippen LogP contribution in [0.25, 0.3) is 11.0 Å². The van der Waals surface area contributed by atoms with Crippen LogP contribution in [0, 0.1) is 0 Å². The maximum absolute atomic E-state index is 6.13. The normalized spacial score (nSPS) is 19.4. The van der Waals surface area contributed by atoms with Gasteiger partial charge < -0.3 is 14.1 Å². The lowest BCUT2D eigenvalue weighted by Crippen LogP contribution is -2.41. The summed E-state index contributed by atoms with van der Waals surface area (Å²) in [6, 6.07) is 11.7. The Labute approximate surface area is 159 Å². The molecule has 1 fully saturated rings. The van der Waals surface area contributed by atoms with Gasteiger partial charge in [0.1, 0.15) is 11.8 Å². The molecule has 3 aromatic rings. The van der Waals surface area contributed by atoms with Crippen molar-refractivity contribution in [2.45, 2.75) is 51.9 Å². The average molecular weight is 365 g/mol. The van der Waals surface area contributed by atoms with Crippen LogP contribution < -0.4 is 10.3 Å². The van der Waals surface area contributed by atoms with Crippen molar-refractivity contribution in [1.82, 2.24) is 14.7 Å². The summed E-state index contributed by atoms with van der Waals surface area (Å²) in [5, 5.41) is 0. The van der Waals surface area contributed by atoms with Crippen molar-refractivity contribution in [1.29, 1.82) is 0 Å². The molecule has 0 amide bonds. The number of fused-ring (bicyclic) bond motifs is 1. The SMILES string of the molecule is CC(On1cnc2cc(B3OC(C)(C)C(C)(C)O3)ccc21)c1ccccn1. The third-order valence-corrected chi connectivity index (χ3v) is 5.44. The minimum absolute atomic E-state index is 0.189. The average Bonchev–Trinajstić information content (AvgIpc) is 3.12. The van der Waals surface area contributed by atoms with Gasteiger partial charge in [-0.3, -0.25) is 4.98 Å². The van der Waals surface area contributed by atoms with Gasteiger partial charge in [0.2, 0.25) is 0 Å². The Balaban J connectivity index is 1.57. The maximum atomic E-state index is 6.13. The van der Waals surface area contributed by atoms with Gasteiger partial charge in [-0.1, -0.05) is 12.1 Å². The Kier molecular flexibility index (Phi) is 4.24. The summed E-state index contributed by atoms with van der Waals surface area (Å²) in [7, 11) is -0.405. The Morgan fingerprint density at radius 2 is 1.78 bits per heavy atom. The minimum Gasteiger partial charge on any atom is -0.403 e. The first-order valence-corrected chi connectivity index (χ1v) is 9.17. The van der Waals surface area contributed by atoms with Crippen molar-refractivity contribution >= 4 is 23.6 Å². The summed E-state index contributed by atoms with van der Waals surface area (Å²) in [5.41, 5.74) is 2.80. The third kappa shape index (κ3) is 3.21. The van der Waals surface area contributed by atoms with E-state index in [1.807, 2.05) is 71.0 Å². The number of hydrogen-bond acceptors (Lipinski definition) is 5. The molecule has 0 saturated carbocycles. The first-order chi connectivity index (χ1) is 12.8. The van der Waals surface area contributed by atoms with Gasteiger partial charge in [-0.25, -0.2) is 4.98 Å². The highest BCUT2D eigenvalue weighted by molar-refractivity contribution is 6.62. The molecule has 2 aromatic heterocycles. The molecular weight excluding hydrogens is 341 g/mol. The van der Waals surface area contributed by atoms with Gasteiger partial charge in [0, 0.05) is 6.20 Å². The topological polar surface area (TPSA) is 58.4 Å². The van der Waals surface area contributed by atoms with Crippen LogP contribution in [-0.4, -0.2) is 33.0 Å². The van der Waals surface area contributed by atoms with Crippen molar-refractivity contribution in [3.8, 4) is 0 Å². The highest BCUT2D eigenvalue weighted by Gasteiger charge is 2.51. The molecule has 1 aromatic carbocycles. The van der Waals surface area contributed by atoms with E-state index in [0.717, 1.165) is 22.2 Å². The van der Waals surface area contributed by atoms with Gasteiger partial charge in [-0.05, 0) is 64.3 Å². The molecule has 0 radical (unpaired) electrons. The molecule has 1 atom stereocenters. The fourth-order valence-corrected chi connectivity index (χ4v) is 3.06. The molecule has 7 heteroatoms. The molecule has 3 heterocycles. The van der Waals surface area contributed by atoms with Crippen molar-refractivity contribution in [3.05, 3.63) is 54.6 Å². The number of hydrogen-bond donors (Lipinski definition) is 0. The summed E-state index contributed by atoms with van der Waals surface area (Å²) < 4.78 is 13.9. The Morgan fingerprint density at radius 3 is 2.44 bits per heavy atom. The first-order valence-electron chi connectivity index (χ1n) is 9.17. The highest BCUT2D eigenvalue weighted by Crippen LogP contribution is 2.36. The van der Waals surface area contributed by atoms with E-state index in [1.165, 1.54) is 0 Å². The Morgan fingerprint density at radius 1 is 1.04 bits per heavy atom. The first kappa shape index (κ1) is 18.0. The number of aromatic nitrogens is 3. The predicted octanol–water partition coefficient (Wildman–Crippen LogP) is 2.92. The monoisotopic (exact) mass is 365 g/mol. The molecule has 6 nitrogen and oxygen atoms in total. The fourth-order valence-electron chi connectivity index (χ4n) is 3.06. The lowest BCUT2D eigenvalue weighted by molar-refractivity contribution is 0.00578. The molecule has 1 saturated heterocycles. The van der Waals surface area contributed by atoms with E-state index >= 15 is 0 Å². The van der Waals surface area contributed by atoms with Gasteiger partial charge in [-0.2, -0.15) is 4.73 Å². The van der Waals surface area contributed by atoms with E-state index in [-0.39, 0.29) is 17.3 Å². The quantitative estimate of drug-likeness (QED) is 0.666. The molecule has 0 N–H and O–H groups in total. The molecule has 0 bridgehead atoms. The van der Waals surface area contributed by atoms with Crippen LogP contribution in [0.4, 0.5) is 0 Å². The molecule has 27 heavy (non-hydrogen) atoms. The summed E-state index contributed by atoms with van der Waals surface area (Å²) in [6.07, 6.45) is 3.25. The van der Waals surface area contributed by atoms with Gasteiger partial charge >= 0.3 is 7.12 Å². The van der Waals surface area contributed by atoms with Gasteiger partial charge in [-0.15, -0.1) is 0 Å². The minimum atomic E-state index is -0.405. The van der Waals surface area contributed by atoms with Crippen LogP contribution in [0.5, 0.6) is 0 Å². The molecular formula is C20H24BN3O3. The summed E-state index contributed by atoms with van der Waals surface area (Å²) in [6.45, 7) is 10.2. The second kappa shape index (κ2) is 6.35. The third-order valence-electron chi connectivity index (χ3n) is 5.44. The van der Waals surface area contributed by atoms with Crippen molar-refractivity contribution in [2.24, 2.45) is 0 Å². The lowest BCUT2D eigenvalue weighted by Gasteiger charge is -2.32. The molecule has 4 rings (SSSR count). The standard InChI is InChI=1S/C20H24BN3O3/c1-14(16-8-6-7-11-22-16)25-24-13-23-17-12-15(9-10-18(17)24)21-26-19(2,3)20(4,5)27-21/h6-14H,1-5H3. The van der Waals surface area contributed by atoms with E-state index in [2.05, 4.69) is 9.97 Å². The second-order valence-electron chi connectivity index (χ2n) is 7.91. The van der Waals surface area contributed by atoms with Crippen molar-refractivity contribution < 1.29 is 14.1 Å². The van der Waals surface area contributed by atoms with Crippen LogP contribution in [0.3, 0.4) is 0 Å². The van der Waals surface area contributed by atoms with Gasteiger partial charge in [0.05, 0.1) is 22.4 Å². The van der Waals surface area contributed by atoms with Crippen molar-refractivity contribution in [2.75, 3.05) is 0 Å². The number of benzene rings is 1. The zero-order valence-electron chi connectivity index (χ0n) is 16.3. The van der Waals surface area contributed by atoms with E-state index in [4.69, 9.17) is 14.1 Å². The van der Waals surface area contributed by atoms with E-state index in [1.54, 1.807) is 17.3 Å². The smallest absolute Gasteiger partial charge is 0.403 e. The summed E-state index contributed by atoms with van der Waals surface area (Å²) >= 11 is 0. The number of nitrogens with zero attached hydrogens (tertiary/aromatic N) is 3. The van der Waals surface area contributed by atoms with Crippen LogP contribution in [0.1, 0.15) is 46.4 Å². The molecule has 1 aliphatic heterocycles. The molecule has 1 aliphatic rings. The Bertz CT molecular complexity index is 940. The van der Waals surface area contributed by atoms with Crippen molar-refractivity contribution in [3.63, 3.8) is 0 Å². The van der Waals surface area contributed by atoms with E-state index < -0.39 is 7.12 Å². The number of rotatable bonds is 4. The largest absolute Gasteiger partial charge is 0.494 e. The van der Waals surface area contributed by atoms with E-state index in [0.29, 0.717) is 0 Å². The van der Waals surface area contributed by atoms with Crippen LogP contribution in [0.2, 0.25) is 0 Å². The highest BCUT2D eigenvalue weighted by atomic mass is 16.7. The van der Waals surface area contributed by atoms with Crippen LogP contribution in [-0.2, 0) is 9.31 Å². The van der Waals surface area contributed by atoms with Crippen LogP contribution >= 0.6 is 0 Å².